The van der Waals surface area contributed by atoms with E-state index in [4.69, 9.17) is 14.2 Å². The molecule has 0 aromatic heterocycles. The Labute approximate surface area is 199 Å². The Morgan fingerprint density at radius 1 is 1.03 bits per heavy atom. The number of nitrogens with one attached hydrogen (secondary N) is 1. The molecule has 1 aliphatic heterocycles. The number of rotatable bonds is 9. The van der Waals surface area contributed by atoms with Gasteiger partial charge in [0.1, 0.15) is 5.75 Å². The minimum absolute atomic E-state index is 0.0282. The first-order chi connectivity index (χ1) is 16.7. The van der Waals surface area contributed by atoms with Crippen LogP contribution in [0.2, 0.25) is 0 Å². The van der Waals surface area contributed by atoms with Crippen molar-refractivity contribution in [3.63, 3.8) is 0 Å². The van der Waals surface area contributed by atoms with E-state index in [0.717, 1.165) is 12.1 Å². The van der Waals surface area contributed by atoms with Crippen LogP contribution in [0.1, 0.15) is 29.3 Å². The van der Waals surface area contributed by atoms with Crippen molar-refractivity contribution in [2.75, 3.05) is 49.7 Å². The van der Waals surface area contributed by atoms with Crippen LogP contribution in [0.3, 0.4) is 0 Å². The molecule has 1 amide bonds. The third-order valence-corrected chi connectivity index (χ3v) is 5.17. The highest BCUT2D eigenvalue weighted by molar-refractivity contribution is 5.96. The van der Waals surface area contributed by atoms with Gasteiger partial charge < -0.3 is 24.4 Å². The first-order valence-corrected chi connectivity index (χ1v) is 10.9. The van der Waals surface area contributed by atoms with E-state index in [9.17, 15) is 27.6 Å². The first-order valence-electron chi connectivity index (χ1n) is 10.9. The fraction of sp³-hybridized carbons (Fsp3) is 0.375. The van der Waals surface area contributed by atoms with Crippen molar-refractivity contribution in [1.82, 2.24) is 0 Å². The summed E-state index contributed by atoms with van der Waals surface area (Å²) in [4.78, 5) is 37.7. The largest absolute Gasteiger partial charge is 0.482 e. The number of hydrogen-bond acceptors (Lipinski definition) is 7. The van der Waals surface area contributed by atoms with Crippen LogP contribution in [0.25, 0.3) is 0 Å². The highest BCUT2D eigenvalue weighted by atomic mass is 19.4. The minimum Gasteiger partial charge on any atom is -0.482 e. The number of alkyl halides is 3. The topological polar surface area (TPSA) is 94.2 Å². The molecule has 1 N–H and O–H groups in total. The summed E-state index contributed by atoms with van der Waals surface area (Å²) >= 11 is 0. The summed E-state index contributed by atoms with van der Waals surface area (Å²) in [7, 11) is 0. The van der Waals surface area contributed by atoms with Gasteiger partial charge in [-0.1, -0.05) is 6.92 Å². The minimum atomic E-state index is -4.59. The standard InChI is InChI=1S/C24H25F3N2O6/c1-2-21(30)16-3-6-18(7-4-16)34-15-23(32)35-14-22(31)28-19-13-17(24(25,26)27)5-8-20(19)29-9-11-33-12-10-29/h3-8,13H,2,9-12,14-15H2,1H3,(H,28,31). The van der Waals surface area contributed by atoms with Crippen LogP contribution >= 0.6 is 0 Å². The molecule has 2 aromatic rings. The van der Waals surface area contributed by atoms with Crippen molar-refractivity contribution in [1.29, 1.82) is 0 Å². The molecule has 35 heavy (non-hydrogen) atoms. The van der Waals surface area contributed by atoms with Gasteiger partial charge >= 0.3 is 12.1 Å². The molecule has 1 saturated heterocycles. The highest BCUT2D eigenvalue weighted by Crippen LogP contribution is 2.35. The highest BCUT2D eigenvalue weighted by Gasteiger charge is 2.32. The van der Waals surface area contributed by atoms with Gasteiger partial charge in [0.2, 0.25) is 0 Å². The molecule has 0 aliphatic carbocycles. The molecule has 11 heteroatoms. The average Bonchev–Trinajstić information content (AvgIpc) is 2.86. The fourth-order valence-corrected chi connectivity index (χ4v) is 3.35. The number of anilines is 2. The zero-order valence-electron chi connectivity index (χ0n) is 19.0. The molecular formula is C24H25F3N2O6. The molecule has 1 fully saturated rings. The third kappa shape index (κ3) is 7.44. The maximum absolute atomic E-state index is 13.2. The number of ether oxygens (including phenoxy) is 3. The molecule has 0 unspecified atom stereocenters. The lowest BCUT2D eigenvalue weighted by molar-refractivity contribution is -0.149. The van der Waals surface area contributed by atoms with E-state index in [1.54, 1.807) is 24.0 Å². The Morgan fingerprint density at radius 3 is 2.34 bits per heavy atom. The number of ketones is 1. The molecule has 1 aliphatic rings. The van der Waals surface area contributed by atoms with Gasteiger partial charge in [-0.2, -0.15) is 13.2 Å². The fourth-order valence-electron chi connectivity index (χ4n) is 3.35. The molecule has 1 heterocycles. The predicted molar refractivity (Wildman–Crippen MR) is 121 cm³/mol. The Morgan fingerprint density at radius 2 is 1.71 bits per heavy atom. The zero-order valence-corrected chi connectivity index (χ0v) is 19.0. The van der Waals surface area contributed by atoms with Crippen molar-refractivity contribution in [2.24, 2.45) is 0 Å². The van der Waals surface area contributed by atoms with Crippen molar-refractivity contribution >= 4 is 29.0 Å². The van der Waals surface area contributed by atoms with Crippen LogP contribution in [0.15, 0.2) is 42.5 Å². The zero-order chi connectivity index (χ0) is 25.4. The van der Waals surface area contributed by atoms with Gasteiger partial charge in [-0.25, -0.2) is 4.79 Å². The second-order valence-electron chi connectivity index (χ2n) is 7.63. The molecular weight excluding hydrogens is 469 g/mol. The summed E-state index contributed by atoms with van der Waals surface area (Å²) < 4.78 is 55.0. The van der Waals surface area contributed by atoms with Gasteiger partial charge in [-0.05, 0) is 42.5 Å². The Kier molecular flexibility index (Phi) is 8.69. The summed E-state index contributed by atoms with van der Waals surface area (Å²) in [6, 6.07) is 9.29. The van der Waals surface area contributed by atoms with Crippen LogP contribution in [-0.4, -0.2) is 57.2 Å². The smallest absolute Gasteiger partial charge is 0.416 e. The second kappa shape index (κ2) is 11.7. The van der Waals surface area contributed by atoms with E-state index >= 15 is 0 Å². The lowest BCUT2D eigenvalue weighted by Crippen LogP contribution is -2.37. The van der Waals surface area contributed by atoms with Gasteiger partial charge in [0.25, 0.3) is 5.91 Å². The van der Waals surface area contributed by atoms with E-state index in [2.05, 4.69) is 5.32 Å². The number of hydrogen-bond donors (Lipinski definition) is 1. The predicted octanol–water partition coefficient (Wildman–Crippen LogP) is 3.70. The molecule has 0 atom stereocenters. The molecule has 3 rings (SSSR count). The quantitative estimate of drug-likeness (QED) is 0.420. The number of nitrogens with zero attached hydrogens (tertiary/aromatic N) is 1. The van der Waals surface area contributed by atoms with Crippen molar-refractivity contribution in [3.8, 4) is 5.75 Å². The van der Waals surface area contributed by atoms with E-state index in [-0.39, 0.29) is 11.5 Å². The molecule has 0 saturated carbocycles. The van der Waals surface area contributed by atoms with Crippen LogP contribution in [0.5, 0.6) is 5.75 Å². The van der Waals surface area contributed by atoms with Crippen molar-refractivity contribution in [2.45, 2.75) is 19.5 Å². The van der Waals surface area contributed by atoms with Crippen LogP contribution in [0.4, 0.5) is 24.5 Å². The average molecular weight is 494 g/mol. The maximum Gasteiger partial charge on any atom is 0.416 e. The van der Waals surface area contributed by atoms with E-state index in [1.807, 2.05) is 0 Å². The van der Waals surface area contributed by atoms with Gasteiger partial charge in [0, 0.05) is 25.1 Å². The van der Waals surface area contributed by atoms with Gasteiger partial charge in [0.05, 0.1) is 30.2 Å². The first kappa shape index (κ1) is 26.0. The summed E-state index contributed by atoms with van der Waals surface area (Å²) in [6.07, 6.45) is -4.22. The normalized spacial score (nSPS) is 13.8. The number of Topliss-reactive ketones (excluding diaryl/α,β-unsaturated/α-hetero) is 1. The van der Waals surface area contributed by atoms with E-state index in [0.29, 0.717) is 49.7 Å². The second-order valence-corrected chi connectivity index (χ2v) is 7.63. The lowest BCUT2D eigenvalue weighted by atomic mass is 10.1. The van der Waals surface area contributed by atoms with Crippen molar-refractivity contribution in [3.05, 3.63) is 53.6 Å². The molecule has 8 nitrogen and oxygen atoms in total. The van der Waals surface area contributed by atoms with Crippen LogP contribution in [-0.2, 0) is 25.2 Å². The SMILES string of the molecule is CCC(=O)c1ccc(OCC(=O)OCC(=O)Nc2cc(C(F)(F)F)ccc2N2CCOCC2)cc1. The molecule has 188 valence electrons. The lowest BCUT2D eigenvalue weighted by Gasteiger charge is -2.31. The van der Waals surface area contributed by atoms with E-state index in [1.165, 1.54) is 18.2 Å². The summed E-state index contributed by atoms with van der Waals surface area (Å²) in [5.41, 5.74) is -0.0259. The third-order valence-electron chi connectivity index (χ3n) is 5.17. The number of benzene rings is 2. The van der Waals surface area contributed by atoms with Crippen LogP contribution < -0.4 is 15.0 Å². The van der Waals surface area contributed by atoms with Crippen molar-refractivity contribution < 1.29 is 41.8 Å². The van der Waals surface area contributed by atoms with Gasteiger partial charge in [0.15, 0.2) is 19.0 Å². The van der Waals surface area contributed by atoms with Gasteiger partial charge in [-0.15, -0.1) is 0 Å². The number of carbonyl (C=O) groups is 3. The molecule has 0 radical (unpaired) electrons. The molecule has 0 bridgehead atoms. The number of amides is 1. The Balaban J connectivity index is 1.56. The number of esters is 1. The van der Waals surface area contributed by atoms with Gasteiger partial charge in [-0.3, -0.25) is 9.59 Å². The summed E-state index contributed by atoms with van der Waals surface area (Å²) in [5, 5.41) is 2.40. The Hall–Kier alpha value is -3.60. The molecule has 2 aromatic carbocycles. The van der Waals surface area contributed by atoms with Crippen LogP contribution in [0, 0.1) is 0 Å². The monoisotopic (exact) mass is 494 g/mol. The number of halogens is 3. The summed E-state index contributed by atoms with van der Waals surface area (Å²) in [6.45, 7) is 2.27. The number of carbonyl (C=O) groups excluding carboxylic acids is 3. The molecule has 0 spiro atoms. The maximum atomic E-state index is 13.2. The van der Waals surface area contributed by atoms with E-state index < -0.39 is 36.8 Å². The number of morpholine rings is 1. The summed E-state index contributed by atoms with van der Waals surface area (Å²) in [5.74, 6) is -1.33. The Bertz CT molecular complexity index is 1050.